The van der Waals surface area contributed by atoms with Crippen molar-refractivity contribution in [2.75, 3.05) is 32.7 Å². The van der Waals surface area contributed by atoms with E-state index >= 15 is 0 Å². The highest BCUT2D eigenvalue weighted by Gasteiger charge is 2.16. The molecule has 0 atom stereocenters. The zero-order valence-electron chi connectivity index (χ0n) is 14.0. The number of aryl methyl sites for hydroxylation is 1. The summed E-state index contributed by atoms with van der Waals surface area (Å²) >= 11 is 0. The summed E-state index contributed by atoms with van der Waals surface area (Å²) in [5, 5.41) is 2.71. The fraction of sp³-hybridized carbons (Fsp3) is 0.450. The van der Waals surface area contributed by atoms with E-state index in [0.29, 0.717) is 0 Å². The van der Waals surface area contributed by atoms with Crippen molar-refractivity contribution in [3.8, 4) is 0 Å². The molecule has 23 heavy (non-hydrogen) atoms. The Labute approximate surface area is 138 Å². The Morgan fingerprint density at radius 1 is 1.00 bits per heavy atom. The standard InChI is InChI=1S/C20H26N2O/c1-17(23)22-14-6-13-21(15-16-22)12-5-10-19-9-4-8-18-7-2-3-11-20(18)19/h2-4,7-9,11H,5-6,10,12-16H2,1H3. The molecule has 0 radical (unpaired) electrons. The van der Waals surface area contributed by atoms with E-state index in [9.17, 15) is 4.79 Å². The van der Waals surface area contributed by atoms with Crippen molar-refractivity contribution >= 4 is 16.7 Å². The van der Waals surface area contributed by atoms with Gasteiger partial charge in [-0.25, -0.2) is 0 Å². The number of carbonyl (C=O) groups is 1. The van der Waals surface area contributed by atoms with Crippen molar-refractivity contribution in [3.05, 3.63) is 48.0 Å². The molecule has 3 rings (SSSR count). The summed E-state index contributed by atoms with van der Waals surface area (Å²) in [6.45, 7) is 6.71. The monoisotopic (exact) mass is 310 g/mol. The largest absolute Gasteiger partial charge is 0.342 e. The van der Waals surface area contributed by atoms with Gasteiger partial charge in [-0.1, -0.05) is 42.5 Å². The summed E-state index contributed by atoms with van der Waals surface area (Å²) in [5.41, 5.74) is 1.45. The van der Waals surface area contributed by atoms with Gasteiger partial charge in [0, 0.05) is 26.6 Å². The van der Waals surface area contributed by atoms with Gasteiger partial charge in [-0.15, -0.1) is 0 Å². The molecule has 3 nitrogen and oxygen atoms in total. The van der Waals surface area contributed by atoms with Gasteiger partial charge in [-0.05, 0) is 48.7 Å². The second-order valence-electron chi connectivity index (χ2n) is 6.44. The van der Waals surface area contributed by atoms with E-state index in [1.165, 1.54) is 22.8 Å². The van der Waals surface area contributed by atoms with Gasteiger partial charge in [0.2, 0.25) is 5.91 Å². The molecule has 0 spiro atoms. The van der Waals surface area contributed by atoms with E-state index in [1.807, 2.05) is 4.90 Å². The first-order valence-corrected chi connectivity index (χ1v) is 8.68. The molecule has 1 fully saturated rings. The van der Waals surface area contributed by atoms with Gasteiger partial charge in [0.25, 0.3) is 0 Å². The summed E-state index contributed by atoms with van der Waals surface area (Å²) in [6.07, 6.45) is 3.39. The van der Waals surface area contributed by atoms with Crippen LogP contribution in [0.4, 0.5) is 0 Å². The predicted molar refractivity (Wildman–Crippen MR) is 95.6 cm³/mol. The van der Waals surface area contributed by atoms with Gasteiger partial charge in [-0.2, -0.15) is 0 Å². The number of benzene rings is 2. The number of carbonyl (C=O) groups excluding carboxylic acids is 1. The predicted octanol–water partition coefficient (Wildman–Crippen LogP) is 3.33. The molecule has 0 N–H and O–H groups in total. The molecule has 0 saturated carbocycles. The molecule has 3 heteroatoms. The molecular formula is C20H26N2O. The highest BCUT2D eigenvalue weighted by atomic mass is 16.2. The van der Waals surface area contributed by atoms with Crippen molar-refractivity contribution in [2.24, 2.45) is 0 Å². The molecule has 2 aromatic rings. The Morgan fingerprint density at radius 2 is 1.83 bits per heavy atom. The Balaban J connectivity index is 1.54. The summed E-state index contributed by atoms with van der Waals surface area (Å²) in [4.78, 5) is 16.0. The van der Waals surface area contributed by atoms with Crippen LogP contribution in [0.2, 0.25) is 0 Å². The first kappa shape index (κ1) is 16.0. The molecule has 122 valence electrons. The molecule has 1 heterocycles. The lowest BCUT2D eigenvalue weighted by atomic mass is 10.0. The second kappa shape index (κ2) is 7.60. The van der Waals surface area contributed by atoms with E-state index in [4.69, 9.17) is 0 Å². The third-order valence-electron chi connectivity index (χ3n) is 4.83. The van der Waals surface area contributed by atoms with Gasteiger partial charge in [0.15, 0.2) is 0 Å². The minimum atomic E-state index is 0.211. The van der Waals surface area contributed by atoms with Crippen LogP contribution in [0, 0.1) is 0 Å². The van der Waals surface area contributed by atoms with Gasteiger partial charge < -0.3 is 9.80 Å². The zero-order chi connectivity index (χ0) is 16.1. The molecule has 0 bridgehead atoms. The third kappa shape index (κ3) is 4.11. The highest BCUT2D eigenvalue weighted by molar-refractivity contribution is 5.85. The fourth-order valence-electron chi connectivity index (χ4n) is 3.51. The molecule has 1 aliphatic rings. The molecule has 0 aromatic heterocycles. The van der Waals surface area contributed by atoms with Crippen LogP contribution in [-0.2, 0) is 11.2 Å². The first-order valence-electron chi connectivity index (χ1n) is 8.68. The number of fused-ring (bicyclic) bond motifs is 1. The van der Waals surface area contributed by atoms with Crippen LogP contribution in [0.1, 0.15) is 25.3 Å². The summed E-state index contributed by atoms with van der Waals surface area (Å²) < 4.78 is 0. The molecule has 0 aliphatic carbocycles. The third-order valence-corrected chi connectivity index (χ3v) is 4.83. The average Bonchev–Trinajstić information content (AvgIpc) is 2.81. The molecule has 2 aromatic carbocycles. The van der Waals surface area contributed by atoms with E-state index < -0.39 is 0 Å². The highest BCUT2D eigenvalue weighted by Crippen LogP contribution is 2.20. The topological polar surface area (TPSA) is 23.6 Å². The van der Waals surface area contributed by atoms with E-state index in [0.717, 1.165) is 45.6 Å². The van der Waals surface area contributed by atoms with Crippen LogP contribution in [0.25, 0.3) is 10.8 Å². The quantitative estimate of drug-likeness (QED) is 0.865. The molecule has 1 saturated heterocycles. The lowest BCUT2D eigenvalue weighted by Crippen LogP contribution is -2.34. The van der Waals surface area contributed by atoms with Gasteiger partial charge >= 0.3 is 0 Å². The molecule has 1 aliphatic heterocycles. The minimum absolute atomic E-state index is 0.211. The molecular weight excluding hydrogens is 284 g/mol. The zero-order valence-corrected chi connectivity index (χ0v) is 14.0. The van der Waals surface area contributed by atoms with E-state index in [1.54, 1.807) is 6.92 Å². The number of hydrogen-bond donors (Lipinski definition) is 0. The fourth-order valence-corrected chi connectivity index (χ4v) is 3.51. The SMILES string of the molecule is CC(=O)N1CCCN(CCCc2cccc3ccccc23)CC1. The maximum Gasteiger partial charge on any atom is 0.219 e. The lowest BCUT2D eigenvalue weighted by molar-refractivity contribution is -0.128. The van der Waals surface area contributed by atoms with Crippen LogP contribution in [0.5, 0.6) is 0 Å². The maximum absolute atomic E-state index is 11.5. The number of rotatable bonds is 4. The van der Waals surface area contributed by atoms with Crippen molar-refractivity contribution in [1.29, 1.82) is 0 Å². The van der Waals surface area contributed by atoms with Crippen molar-refractivity contribution in [3.63, 3.8) is 0 Å². The Bertz CT molecular complexity index is 662. The van der Waals surface area contributed by atoms with Crippen LogP contribution >= 0.6 is 0 Å². The number of hydrogen-bond acceptors (Lipinski definition) is 2. The van der Waals surface area contributed by atoms with Crippen LogP contribution in [0.15, 0.2) is 42.5 Å². The van der Waals surface area contributed by atoms with Crippen molar-refractivity contribution < 1.29 is 4.79 Å². The first-order chi connectivity index (χ1) is 11.2. The molecule has 0 unspecified atom stereocenters. The Kier molecular flexibility index (Phi) is 5.29. The summed E-state index contributed by atoms with van der Waals surface area (Å²) in [5.74, 6) is 0.211. The Morgan fingerprint density at radius 3 is 2.70 bits per heavy atom. The number of amides is 1. The van der Waals surface area contributed by atoms with Crippen molar-refractivity contribution in [2.45, 2.75) is 26.2 Å². The minimum Gasteiger partial charge on any atom is -0.342 e. The molecule has 1 amide bonds. The normalized spacial score (nSPS) is 16.5. The van der Waals surface area contributed by atoms with Gasteiger partial charge in [-0.3, -0.25) is 4.79 Å². The number of nitrogens with zero attached hydrogens (tertiary/aromatic N) is 2. The van der Waals surface area contributed by atoms with Crippen LogP contribution in [0.3, 0.4) is 0 Å². The lowest BCUT2D eigenvalue weighted by Gasteiger charge is -2.21. The van der Waals surface area contributed by atoms with E-state index in [-0.39, 0.29) is 5.91 Å². The van der Waals surface area contributed by atoms with Crippen LogP contribution in [-0.4, -0.2) is 48.4 Å². The maximum atomic E-state index is 11.5. The van der Waals surface area contributed by atoms with E-state index in [2.05, 4.69) is 47.4 Å². The van der Waals surface area contributed by atoms with Crippen LogP contribution < -0.4 is 0 Å². The Hall–Kier alpha value is -1.87. The average molecular weight is 310 g/mol. The summed E-state index contributed by atoms with van der Waals surface area (Å²) in [7, 11) is 0. The van der Waals surface area contributed by atoms with Crippen molar-refractivity contribution in [1.82, 2.24) is 9.80 Å². The van der Waals surface area contributed by atoms with Gasteiger partial charge in [0.05, 0.1) is 0 Å². The smallest absolute Gasteiger partial charge is 0.219 e. The van der Waals surface area contributed by atoms with Gasteiger partial charge in [0.1, 0.15) is 0 Å². The second-order valence-corrected chi connectivity index (χ2v) is 6.44. The summed E-state index contributed by atoms with van der Waals surface area (Å²) in [6, 6.07) is 15.2.